The zero-order chi connectivity index (χ0) is 16.9. The summed E-state index contributed by atoms with van der Waals surface area (Å²) in [6.45, 7) is 0.675. The molecule has 4 heteroatoms. The van der Waals surface area contributed by atoms with Gasteiger partial charge in [0.2, 0.25) is 5.91 Å². The number of benzene rings is 2. The number of halogens is 1. The molecule has 2 aromatic carbocycles. The number of rotatable bonds is 5. The largest absolute Gasteiger partial charge is 0.348 e. The van der Waals surface area contributed by atoms with Gasteiger partial charge in [-0.05, 0) is 43.5 Å². The van der Waals surface area contributed by atoms with Crippen LogP contribution in [-0.2, 0) is 17.8 Å². The van der Waals surface area contributed by atoms with Crippen molar-refractivity contribution >= 4 is 5.91 Å². The normalized spacial score (nSPS) is 16.7. The standard InChI is InChI=1S/C20H23FN2O/c1-23(13-16-8-3-5-11-18(16)21)14-20(24)22-19-12-6-9-15-7-2-4-10-17(15)19/h2-5,7-8,10-11,19H,6,9,12-14H2,1H3,(H,22,24)/t19-/m0/s1. The van der Waals surface area contributed by atoms with Gasteiger partial charge in [-0.25, -0.2) is 4.39 Å². The van der Waals surface area contributed by atoms with Gasteiger partial charge in [-0.2, -0.15) is 0 Å². The molecule has 3 nitrogen and oxygen atoms in total. The number of carbonyl (C=O) groups excluding carboxylic acids is 1. The first-order valence-electron chi connectivity index (χ1n) is 8.42. The molecule has 0 spiro atoms. The Morgan fingerprint density at radius 1 is 1.21 bits per heavy atom. The Balaban J connectivity index is 1.57. The number of amides is 1. The highest BCUT2D eigenvalue weighted by Gasteiger charge is 2.21. The number of nitrogens with one attached hydrogen (secondary N) is 1. The van der Waals surface area contributed by atoms with E-state index in [1.54, 1.807) is 12.1 Å². The number of hydrogen-bond acceptors (Lipinski definition) is 2. The summed E-state index contributed by atoms with van der Waals surface area (Å²) < 4.78 is 13.7. The van der Waals surface area contributed by atoms with E-state index in [0.717, 1.165) is 19.3 Å². The van der Waals surface area contributed by atoms with Crippen LogP contribution in [0.15, 0.2) is 48.5 Å². The van der Waals surface area contributed by atoms with Gasteiger partial charge in [-0.1, -0.05) is 42.5 Å². The average molecular weight is 326 g/mol. The van der Waals surface area contributed by atoms with Crippen molar-refractivity contribution in [1.29, 1.82) is 0 Å². The number of hydrogen-bond donors (Lipinski definition) is 1. The Morgan fingerprint density at radius 3 is 2.79 bits per heavy atom. The van der Waals surface area contributed by atoms with Gasteiger partial charge in [0.25, 0.3) is 0 Å². The number of nitrogens with zero attached hydrogens (tertiary/aromatic N) is 1. The van der Waals surface area contributed by atoms with E-state index in [2.05, 4.69) is 17.4 Å². The van der Waals surface area contributed by atoms with Crippen molar-refractivity contribution in [3.05, 3.63) is 71.0 Å². The minimum absolute atomic E-state index is 0.0180. The van der Waals surface area contributed by atoms with Crippen LogP contribution < -0.4 is 5.32 Å². The summed E-state index contributed by atoms with van der Waals surface area (Å²) in [5, 5.41) is 3.13. The Hall–Kier alpha value is -2.20. The van der Waals surface area contributed by atoms with Crippen LogP contribution >= 0.6 is 0 Å². The van der Waals surface area contributed by atoms with Crippen LogP contribution in [0.25, 0.3) is 0 Å². The van der Waals surface area contributed by atoms with E-state index in [1.165, 1.54) is 17.2 Å². The molecule has 1 aliphatic carbocycles. The third kappa shape index (κ3) is 4.01. The molecule has 2 aromatic rings. The van der Waals surface area contributed by atoms with E-state index in [0.29, 0.717) is 12.1 Å². The lowest BCUT2D eigenvalue weighted by molar-refractivity contribution is -0.122. The van der Waals surface area contributed by atoms with Gasteiger partial charge in [0.05, 0.1) is 12.6 Å². The molecule has 0 bridgehead atoms. The van der Waals surface area contributed by atoms with E-state index in [-0.39, 0.29) is 24.3 Å². The Bertz CT molecular complexity index is 716. The van der Waals surface area contributed by atoms with E-state index >= 15 is 0 Å². The van der Waals surface area contributed by atoms with Crippen LogP contribution in [0.3, 0.4) is 0 Å². The SMILES string of the molecule is CN(CC(=O)N[C@H]1CCCc2ccccc21)Cc1ccccc1F. The van der Waals surface area contributed by atoms with E-state index in [9.17, 15) is 9.18 Å². The summed E-state index contributed by atoms with van der Waals surface area (Å²) in [5.41, 5.74) is 3.17. The highest BCUT2D eigenvalue weighted by atomic mass is 19.1. The van der Waals surface area contributed by atoms with Crippen LogP contribution in [0.1, 0.15) is 35.6 Å². The van der Waals surface area contributed by atoms with Crippen LogP contribution in [0.2, 0.25) is 0 Å². The van der Waals surface area contributed by atoms with Gasteiger partial charge in [0, 0.05) is 12.1 Å². The van der Waals surface area contributed by atoms with Crippen molar-refractivity contribution in [3.8, 4) is 0 Å². The summed E-state index contributed by atoms with van der Waals surface area (Å²) in [7, 11) is 1.83. The quantitative estimate of drug-likeness (QED) is 0.913. The zero-order valence-corrected chi connectivity index (χ0v) is 14.0. The predicted octanol–water partition coefficient (Wildman–Crippen LogP) is 3.45. The molecule has 0 aromatic heterocycles. The minimum atomic E-state index is -0.231. The summed E-state index contributed by atoms with van der Waals surface area (Å²) >= 11 is 0. The van der Waals surface area contributed by atoms with Gasteiger partial charge in [0.15, 0.2) is 0 Å². The fourth-order valence-electron chi connectivity index (χ4n) is 3.36. The molecule has 3 rings (SSSR count). The first-order valence-corrected chi connectivity index (χ1v) is 8.42. The van der Waals surface area contributed by atoms with Gasteiger partial charge in [-0.3, -0.25) is 9.69 Å². The molecule has 0 saturated heterocycles. The van der Waals surface area contributed by atoms with Crippen molar-refractivity contribution in [2.75, 3.05) is 13.6 Å². The second-order valence-electron chi connectivity index (χ2n) is 6.47. The van der Waals surface area contributed by atoms with E-state index in [1.807, 2.05) is 30.1 Å². The van der Waals surface area contributed by atoms with Crippen molar-refractivity contribution in [2.24, 2.45) is 0 Å². The second-order valence-corrected chi connectivity index (χ2v) is 6.47. The van der Waals surface area contributed by atoms with Crippen LogP contribution in [0, 0.1) is 5.82 Å². The molecule has 1 amide bonds. The van der Waals surface area contributed by atoms with E-state index < -0.39 is 0 Å². The van der Waals surface area contributed by atoms with Gasteiger partial charge >= 0.3 is 0 Å². The first kappa shape index (κ1) is 16.7. The average Bonchev–Trinajstić information content (AvgIpc) is 2.57. The Labute approximate surface area is 142 Å². The molecule has 1 aliphatic rings. The Kier molecular flexibility index (Phi) is 5.26. The fraction of sp³-hybridized carbons (Fsp3) is 0.350. The van der Waals surface area contributed by atoms with Crippen LogP contribution in [-0.4, -0.2) is 24.4 Å². The smallest absolute Gasteiger partial charge is 0.234 e. The summed E-state index contributed by atoms with van der Waals surface area (Å²) in [6, 6.07) is 15.1. The highest BCUT2D eigenvalue weighted by Crippen LogP contribution is 2.29. The van der Waals surface area contributed by atoms with Crippen molar-refractivity contribution in [1.82, 2.24) is 10.2 Å². The summed E-state index contributed by atoms with van der Waals surface area (Å²) in [5.74, 6) is -0.249. The Morgan fingerprint density at radius 2 is 1.96 bits per heavy atom. The molecule has 0 radical (unpaired) electrons. The van der Waals surface area contributed by atoms with Crippen molar-refractivity contribution in [2.45, 2.75) is 31.8 Å². The van der Waals surface area contributed by atoms with Crippen LogP contribution in [0.5, 0.6) is 0 Å². The monoisotopic (exact) mass is 326 g/mol. The molecular weight excluding hydrogens is 303 g/mol. The number of aryl methyl sites for hydroxylation is 1. The molecule has 1 atom stereocenters. The molecular formula is C20H23FN2O. The lowest BCUT2D eigenvalue weighted by Crippen LogP contribution is -2.38. The summed E-state index contributed by atoms with van der Waals surface area (Å²) in [4.78, 5) is 14.2. The number of fused-ring (bicyclic) bond motifs is 1. The maximum atomic E-state index is 13.7. The molecule has 126 valence electrons. The predicted molar refractivity (Wildman–Crippen MR) is 93.0 cm³/mol. The third-order valence-corrected chi connectivity index (χ3v) is 4.52. The zero-order valence-electron chi connectivity index (χ0n) is 14.0. The number of carbonyl (C=O) groups is 1. The molecule has 0 unspecified atom stereocenters. The van der Waals surface area contributed by atoms with Crippen molar-refractivity contribution in [3.63, 3.8) is 0 Å². The van der Waals surface area contributed by atoms with Gasteiger partial charge < -0.3 is 5.32 Å². The van der Waals surface area contributed by atoms with Gasteiger partial charge in [-0.15, -0.1) is 0 Å². The summed E-state index contributed by atoms with van der Waals surface area (Å²) in [6.07, 6.45) is 3.14. The van der Waals surface area contributed by atoms with Crippen LogP contribution in [0.4, 0.5) is 4.39 Å². The topological polar surface area (TPSA) is 32.3 Å². The van der Waals surface area contributed by atoms with E-state index in [4.69, 9.17) is 0 Å². The lowest BCUT2D eigenvalue weighted by atomic mass is 9.88. The molecule has 0 aliphatic heterocycles. The maximum Gasteiger partial charge on any atom is 0.234 e. The minimum Gasteiger partial charge on any atom is -0.348 e. The first-order chi connectivity index (χ1) is 11.6. The fourth-order valence-corrected chi connectivity index (χ4v) is 3.36. The molecule has 0 heterocycles. The number of likely N-dealkylation sites (N-methyl/N-ethyl adjacent to an activating group) is 1. The molecule has 0 fully saturated rings. The third-order valence-electron chi connectivity index (χ3n) is 4.52. The molecule has 1 N–H and O–H groups in total. The second kappa shape index (κ2) is 7.58. The molecule has 0 saturated carbocycles. The van der Waals surface area contributed by atoms with Gasteiger partial charge in [0.1, 0.15) is 5.82 Å². The van der Waals surface area contributed by atoms with Crippen molar-refractivity contribution < 1.29 is 9.18 Å². The highest BCUT2D eigenvalue weighted by molar-refractivity contribution is 5.78. The lowest BCUT2D eigenvalue weighted by Gasteiger charge is -2.27. The maximum absolute atomic E-state index is 13.7. The molecule has 24 heavy (non-hydrogen) atoms.